The summed E-state index contributed by atoms with van der Waals surface area (Å²) in [5.41, 5.74) is 3.17. The van der Waals surface area contributed by atoms with E-state index in [-0.39, 0.29) is 5.54 Å². The van der Waals surface area contributed by atoms with Crippen molar-refractivity contribution in [1.82, 2.24) is 10.2 Å². The van der Waals surface area contributed by atoms with Gasteiger partial charge < -0.3 is 5.32 Å². The number of hydrogen-bond acceptors (Lipinski definition) is 2. The molecule has 1 aliphatic rings. The lowest BCUT2D eigenvalue weighted by atomic mass is 9.91. The zero-order chi connectivity index (χ0) is 14.6. The topological polar surface area (TPSA) is 15.3 Å². The van der Waals surface area contributed by atoms with Crippen LogP contribution in [0.3, 0.4) is 0 Å². The Labute approximate surface area is 124 Å². The first-order chi connectivity index (χ1) is 9.47. The molecule has 1 heterocycles. The fraction of sp³-hybridized carbons (Fsp3) is 0.667. The molecule has 1 N–H and O–H groups in total. The van der Waals surface area contributed by atoms with Crippen molar-refractivity contribution >= 4 is 0 Å². The van der Waals surface area contributed by atoms with Gasteiger partial charge in [0.25, 0.3) is 0 Å². The molecule has 1 aliphatic heterocycles. The summed E-state index contributed by atoms with van der Waals surface area (Å²) in [5, 5.41) is 3.43. The molecular weight excluding hydrogens is 244 g/mol. The Morgan fingerprint density at radius 1 is 1.05 bits per heavy atom. The number of nitrogens with zero attached hydrogens (tertiary/aromatic N) is 1. The Hall–Kier alpha value is -0.860. The second-order valence-electron chi connectivity index (χ2n) is 7.14. The van der Waals surface area contributed by atoms with Crippen LogP contribution in [-0.2, 0) is 12.8 Å². The third-order valence-electron chi connectivity index (χ3n) is 4.28. The van der Waals surface area contributed by atoms with Gasteiger partial charge in [-0.15, -0.1) is 0 Å². The third-order valence-corrected chi connectivity index (χ3v) is 4.28. The van der Waals surface area contributed by atoms with Gasteiger partial charge in [0, 0.05) is 31.7 Å². The van der Waals surface area contributed by atoms with Crippen LogP contribution in [0.1, 0.15) is 38.8 Å². The normalized spacial score (nSPS) is 17.6. The van der Waals surface area contributed by atoms with E-state index in [2.05, 4.69) is 62.2 Å². The van der Waals surface area contributed by atoms with Gasteiger partial charge in [-0.1, -0.05) is 38.1 Å². The van der Waals surface area contributed by atoms with Crippen LogP contribution in [-0.4, -0.2) is 36.6 Å². The van der Waals surface area contributed by atoms with E-state index in [0.717, 1.165) is 25.4 Å². The van der Waals surface area contributed by atoms with E-state index in [9.17, 15) is 0 Å². The molecule has 0 unspecified atom stereocenters. The molecule has 1 saturated heterocycles. The highest BCUT2D eigenvalue weighted by molar-refractivity contribution is 5.24. The van der Waals surface area contributed by atoms with Crippen LogP contribution in [0.5, 0.6) is 0 Å². The maximum atomic E-state index is 3.43. The summed E-state index contributed by atoms with van der Waals surface area (Å²) in [5.74, 6) is 0.734. The fourth-order valence-corrected chi connectivity index (χ4v) is 3.15. The minimum Gasteiger partial charge on any atom is -0.314 e. The molecule has 0 amide bonds. The Morgan fingerprint density at radius 3 is 2.15 bits per heavy atom. The summed E-state index contributed by atoms with van der Waals surface area (Å²) in [6.45, 7) is 13.9. The second-order valence-corrected chi connectivity index (χ2v) is 7.14. The minimum absolute atomic E-state index is 0.252. The van der Waals surface area contributed by atoms with Crippen LogP contribution in [0.25, 0.3) is 0 Å². The molecule has 2 heteroatoms. The highest BCUT2D eigenvalue weighted by Gasteiger charge is 2.27. The average Bonchev–Trinajstić information content (AvgIpc) is 2.41. The lowest BCUT2D eigenvalue weighted by Crippen LogP contribution is -2.54. The monoisotopic (exact) mass is 274 g/mol. The molecule has 0 aromatic heterocycles. The van der Waals surface area contributed by atoms with Crippen molar-refractivity contribution in [3.63, 3.8) is 0 Å². The van der Waals surface area contributed by atoms with Crippen molar-refractivity contribution in [3.05, 3.63) is 35.4 Å². The van der Waals surface area contributed by atoms with E-state index in [1.54, 1.807) is 0 Å². The van der Waals surface area contributed by atoms with Gasteiger partial charge in [-0.05, 0) is 43.7 Å². The predicted molar refractivity (Wildman–Crippen MR) is 87.2 cm³/mol. The maximum absolute atomic E-state index is 3.43. The van der Waals surface area contributed by atoms with E-state index in [0.29, 0.717) is 0 Å². The zero-order valence-corrected chi connectivity index (χ0v) is 13.6. The summed E-state index contributed by atoms with van der Waals surface area (Å²) in [6, 6.07) is 9.26. The summed E-state index contributed by atoms with van der Waals surface area (Å²) in [4.78, 5) is 2.62. The number of hydrogen-bond donors (Lipinski definition) is 1. The second kappa shape index (κ2) is 6.73. The van der Waals surface area contributed by atoms with Crippen LogP contribution < -0.4 is 5.32 Å². The van der Waals surface area contributed by atoms with Crippen molar-refractivity contribution in [1.29, 1.82) is 0 Å². The first-order valence-corrected chi connectivity index (χ1v) is 8.01. The molecule has 0 spiro atoms. The molecule has 1 aromatic rings. The van der Waals surface area contributed by atoms with Crippen LogP contribution in [0.15, 0.2) is 24.3 Å². The lowest BCUT2D eigenvalue weighted by Gasteiger charge is -2.41. The van der Waals surface area contributed by atoms with Gasteiger partial charge in [-0.2, -0.15) is 0 Å². The molecule has 0 atom stereocenters. The predicted octanol–water partition coefficient (Wildman–Crippen LogP) is 3.11. The van der Waals surface area contributed by atoms with Crippen molar-refractivity contribution in [2.45, 2.75) is 46.1 Å². The van der Waals surface area contributed by atoms with E-state index in [1.165, 1.54) is 30.6 Å². The van der Waals surface area contributed by atoms with E-state index >= 15 is 0 Å². The van der Waals surface area contributed by atoms with E-state index in [4.69, 9.17) is 0 Å². The smallest absolute Gasteiger partial charge is 0.0194 e. The molecule has 0 saturated carbocycles. The number of nitrogens with one attached hydrogen (secondary N) is 1. The largest absolute Gasteiger partial charge is 0.314 e. The Bertz CT molecular complexity index is 400. The summed E-state index contributed by atoms with van der Waals surface area (Å²) in [6.07, 6.45) is 2.32. The van der Waals surface area contributed by atoms with Gasteiger partial charge in [-0.25, -0.2) is 0 Å². The lowest BCUT2D eigenvalue weighted by molar-refractivity contribution is 0.104. The summed E-state index contributed by atoms with van der Waals surface area (Å²) in [7, 11) is 0. The molecule has 0 bridgehead atoms. The highest BCUT2D eigenvalue weighted by Crippen LogP contribution is 2.21. The highest BCUT2D eigenvalue weighted by atomic mass is 15.2. The standard InChI is InChI=1S/C18H30N2/c1-15(2)13-16-5-7-17(8-6-16)14-18(3,4)20-11-9-19-10-12-20/h5-8,15,19H,9-14H2,1-4H3. The van der Waals surface area contributed by atoms with Gasteiger partial charge in [0.1, 0.15) is 0 Å². The van der Waals surface area contributed by atoms with Gasteiger partial charge >= 0.3 is 0 Å². The minimum atomic E-state index is 0.252. The Kier molecular flexibility index (Phi) is 5.22. The fourth-order valence-electron chi connectivity index (χ4n) is 3.15. The Morgan fingerprint density at radius 2 is 1.60 bits per heavy atom. The maximum Gasteiger partial charge on any atom is 0.0194 e. The third kappa shape index (κ3) is 4.32. The van der Waals surface area contributed by atoms with Crippen LogP contribution in [0.4, 0.5) is 0 Å². The SMILES string of the molecule is CC(C)Cc1ccc(CC(C)(C)N2CCNCC2)cc1. The Balaban J connectivity index is 1.97. The average molecular weight is 274 g/mol. The molecule has 2 rings (SSSR count). The van der Waals surface area contributed by atoms with Gasteiger partial charge in [0.15, 0.2) is 0 Å². The van der Waals surface area contributed by atoms with Crippen LogP contribution in [0.2, 0.25) is 0 Å². The van der Waals surface area contributed by atoms with Crippen molar-refractivity contribution in [2.75, 3.05) is 26.2 Å². The van der Waals surface area contributed by atoms with Gasteiger partial charge in [0.05, 0.1) is 0 Å². The summed E-state index contributed by atoms with van der Waals surface area (Å²) >= 11 is 0. The zero-order valence-electron chi connectivity index (χ0n) is 13.6. The number of rotatable bonds is 5. The molecular formula is C18H30N2. The first-order valence-electron chi connectivity index (χ1n) is 8.01. The van der Waals surface area contributed by atoms with Gasteiger partial charge in [0.2, 0.25) is 0 Å². The number of piperazine rings is 1. The molecule has 112 valence electrons. The van der Waals surface area contributed by atoms with Crippen molar-refractivity contribution in [2.24, 2.45) is 5.92 Å². The van der Waals surface area contributed by atoms with Crippen LogP contribution >= 0.6 is 0 Å². The summed E-state index contributed by atoms with van der Waals surface area (Å²) < 4.78 is 0. The van der Waals surface area contributed by atoms with Crippen molar-refractivity contribution in [3.8, 4) is 0 Å². The molecule has 1 fully saturated rings. The van der Waals surface area contributed by atoms with Crippen molar-refractivity contribution < 1.29 is 0 Å². The molecule has 0 aliphatic carbocycles. The van der Waals surface area contributed by atoms with E-state index < -0.39 is 0 Å². The van der Waals surface area contributed by atoms with Crippen LogP contribution in [0, 0.1) is 5.92 Å². The molecule has 2 nitrogen and oxygen atoms in total. The molecule has 0 radical (unpaired) electrons. The quantitative estimate of drug-likeness (QED) is 0.887. The van der Waals surface area contributed by atoms with Gasteiger partial charge in [-0.3, -0.25) is 4.90 Å². The van der Waals surface area contributed by atoms with E-state index in [1.807, 2.05) is 0 Å². The molecule has 1 aromatic carbocycles. The first kappa shape index (κ1) is 15.5. The number of benzene rings is 1. The molecule has 20 heavy (non-hydrogen) atoms.